The van der Waals surface area contributed by atoms with Crippen LogP contribution in [0.1, 0.15) is 39.0 Å². The summed E-state index contributed by atoms with van der Waals surface area (Å²) >= 11 is 0. The predicted octanol–water partition coefficient (Wildman–Crippen LogP) is 1.96. The van der Waals surface area contributed by atoms with Gasteiger partial charge in [-0.25, -0.2) is 0 Å². The smallest absolute Gasteiger partial charge is 0.0656 e. The van der Waals surface area contributed by atoms with E-state index in [2.05, 4.69) is 6.92 Å². The Morgan fingerprint density at radius 2 is 2.23 bits per heavy atom. The summed E-state index contributed by atoms with van der Waals surface area (Å²) in [5.41, 5.74) is 0.108. The van der Waals surface area contributed by atoms with Gasteiger partial charge in [-0.2, -0.15) is 0 Å². The fourth-order valence-electron chi connectivity index (χ4n) is 2.99. The van der Waals surface area contributed by atoms with Gasteiger partial charge in [0.25, 0.3) is 0 Å². The van der Waals surface area contributed by atoms with Gasteiger partial charge < -0.3 is 9.84 Å². The summed E-state index contributed by atoms with van der Waals surface area (Å²) in [5.74, 6) is 0.542. The van der Waals surface area contributed by atoms with E-state index in [1.54, 1.807) is 0 Å². The van der Waals surface area contributed by atoms with Crippen LogP contribution in [0.5, 0.6) is 0 Å². The van der Waals surface area contributed by atoms with Gasteiger partial charge in [0.1, 0.15) is 0 Å². The minimum Gasteiger partial charge on any atom is -0.396 e. The Morgan fingerprint density at radius 3 is 3.00 bits per heavy atom. The lowest BCUT2D eigenvalue weighted by atomic mass is 9.72. The van der Waals surface area contributed by atoms with Gasteiger partial charge in [0.2, 0.25) is 0 Å². The lowest BCUT2D eigenvalue weighted by Crippen LogP contribution is -2.38. The third kappa shape index (κ3) is 1.40. The summed E-state index contributed by atoms with van der Waals surface area (Å²) in [6, 6.07) is 0. The second kappa shape index (κ2) is 3.58. The van der Waals surface area contributed by atoms with Gasteiger partial charge in [-0.1, -0.05) is 26.2 Å². The molecule has 2 rings (SSSR count). The van der Waals surface area contributed by atoms with Gasteiger partial charge in [-0.05, 0) is 18.8 Å². The third-order valence-electron chi connectivity index (χ3n) is 4.07. The average Bonchev–Trinajstić information content (AvgIpc) is 2.38. The number of rotatable bonds is 1. The lowest BCUT2D eigenvalue weighted by Gasteiger charge is -2.34. The molecule has 0 radical (unpaired) electrons. The van der Waals surface area contributed by atoms with Crippen molar-refractivity contribution in [3.63, 3.8) is 0 Å². The zero-order valence-corrected chi connectivity index (χ0v) is 8.46. The first kappa shape index (κ1) is 9.47. The van der Waals surface area contributed by atoms with E-state index in [0.717, 1.165) is 19.4 Å². The van der Waals surface area contributed by atoms with Crippen LogP contribution in [0.3, 0.4) is 0 Å². The second-order valence-electron chi connectivity index (χ2n) is 4.71. The zero-order valence-electron chi connectivity index (χ0n) is 8.46. The maximum absolute atomic E-state index is 9.57. The van der Waals surface area contributed by atoms with Crippen LogP contribution in [0.2, 0.25) is 0 Å². The molecule has 13 heavy (non-hydrogen) atoms. The Morgan fingerprint density at radius 1 is 1.38 bits per heavy atom. The van der Waals surface area contributed by atoms with Crippen LogP contribution in [-0.4, -0.2) is 24.4 Å². The Bertz CT molecular complexity index is 181. The standard InChI is InChI=1S/C11H20O2/c1-9-7-13-10-5-3-2-4-6-11(9,10)8-12/h9-10,12H,2-8H2,1H3. The van der Waals surface area contributed by atoms with Gasteiger partial charge in [0, 0.05) is 5.41 Å². The molecule has 0 amide bonds. The molecule has 1 aliphatic carbocycles. The van der Waals surface area contributed by atoms with Gasteiger partial charge >= 0.3 is 0 Å². The van der Waals surface area contributed by atoms with Gasteiger partial charge in [-0.3, -0.25) is 0 Å². The van der Waals surface area contributed by atoms with Crippen molar-refractivity contribution >= 4 is 0 Å². The molecular formula is C11H20O2. The summed E-state index contributed by atoms with van der Waals surface area (Å²) in [5, 5.41) is 9.57. The minimum atomic E-state index is 0.108. The van der Waals surface area contributed by atoms with Crippen LogP contribution < -0.4 is 0 Å². The normalized spacial score (nSPS) is 45.7. The van der Waals surface area contributed by atoms with Crippen molar-refractivity contribution in [2.24, 2.45) is 11.3 Å². The molecule has 0 bridgehead atoms. The van der Waals surface area contributed by atoms with Crippen molar-refractivity contribution in [3.8, 4) is 0 Å². The first-order valence-corrected chi connectivity index (χ1v) is 5.52. The Kier molecular flexibility index (Phi) is 2.61. The van der Waals surface area contributed by atoms with Crippen molar-refractivity contribution in [2.75, 3.05) is 13.2 Å². The molecule has 1 saturated heterocycles. The van der Waals surface area contributed by atoms with E-state index in [-0.39, 0.29) is 5.41 Å². The molecular weight excluding hydrogens is 164 g/mol. The van der Waals surface area contributed by atoms with E-state index in [0.29, 0.717) is 18.6 Å². The highest BCUT2D eigenvalue weighted by molar-refractivity contribution is 4.96. The highest BCUT2D eigenvalue weighted by Crippen LogP contribution is 2.47. The van der Waals surface area contributed by atoms with Gasteiger partial charge in [0.05, 0.1) is 19.3 Å². The number of aliphatic hydroxyl groups is 1. The summed E-state index contributed by atoms with van der Waals surface area (Å²) in [4.78, 5) is 0. The number of aliphatic hydroxyl groups excluding tert-OH is 1. The molecule has 1 saturated carbocycles. The van der Waals surface area contributed by atoms with E-state index in [4.69, 9.17) is 4.74 Å². The van der Waals surface area contributed by atoms with Gasteiger partial charge in [0.15, 0.2) is 0 Å². The molecule has 2 heteroatoms. The van der Waals surface area contributed by atoms with Crippen LogP contribution in [0.15, 0.2) is 0 Å². The van der Waals surface area contributed by atoms with Crippen LogP contribution in [0, 0.1) is 11.3 Å². The molecule has 0 aromatic carbocycles. The molecule has 1 N–H and O–H groups in total. The highest BCUT2D eigenvalue weighted by atomic mass is 16.5. The molecule has 2 fully saturated rings. The van der Waals surface area contributed by atoms with Crippen LogP contribution >= 0.6 is 0 Å². The summed E-state index contributed by atoms with van der Waals surface area (Å²) in [6.07, 6.45) is 6.52. The van der Waals surface area contributed by atoms with E-state index in [9.17, 15) is 5.11 Å². The van der Waals surface area contributed by atoms with Crippen molar-refractivity contribution in [1.29, 1.82) is 0 Å². The maximum atomic E-state index is 9.57. The first-order valence-electron chi connectivity index (χ1n) is 5.52. The Hall–Kier alpha value is -0.0800. The monoisotopic (exact) mass is 184 g/mol. The van der Waals surface area contributed by atoms with Crippen molar-refractivity contribution in [3.05, 3.63) is 0 Å². The van der Waals surface area contributed by atoms with Crippen molar-refractivity contribution in [1.82, 2.24) is 0 Å². The van der Waals surface area contributed by atoms with Crippen LogP contribution in [0.25, 0.3) is 0 Å². The van der Waals surface area contributed by atoms with Gasteiger partial charge in [-0.15, -0.1) is 0 Å². The molecule has 0 aromatic rings. The molecule has 2 aliphatic rings. The topological polar surface area (TPSA) is 29.5 Å². The number of fused-ring (bicyclic) bond motifs is 1. The molecule has 1 aliphatic heterocycles. The lowest BCUT2D eigenvalue weighted by molar-refractivity contribution is 0.00310. The summed E-state index contributed by atoms with van der Waals surface area (Å²) < 4.78 is 5.78. The fraction of sp³-hybridized carbons (Fsp3) is 1.00. The predicted molar refractivity (Wildman–Crippen MR) is 51.5 cm³/mol. The molecule has 0 spiro atoms. The third-order valence-corrected chi connectivity index (χ3v) is 4.07. The number of hydrogen-bond acceptors (Lipinski definition) is 2. The van der Waals surface area contributed by atoms with E-state index >= 15 is 0 Å². The largest absolute Gasteiger partial charge is 0.396 e. The fourth-order valence-corrected chi connectivity index (χ4v) is 2.99. The molecule has 3 atom stereocenters. The zero-order chi connectivity index (χ0) is 9.31. The van der Waals surface area contributed by atoms with Crippen LogP contribution in [-0.2, 0) is 4.74 Å². The van der Waals surface area contributed by atoms with Crippen LogP contribution in [0.4, 0.5) is 0 Å². The minimum absolute atomic E-state index is 0.108. The molecule has 0 aromatic heterocycles. The summed E-state index contributed by atoms with van der Waals surface area (Å²) in [7, 11) is 0. The SMILES string of the molecule is CC1COC2CCCCCC12CO. The summed E-state index contributed by atoms with van der Waals surface area (Å²) in [6.45, 7) is 3.39. The average molecular weight is 184 g/mol. The second-order valence-corrected chi connectivity index (χ2v) is 4.71. The van der Waals surface area contributed by atoms with E-state index < -0.39 is 0 Å². The quantitative estimate of drug-likeness (QED) is 0.675. The molecule has 2 nitrogen and oxygen atoms in total. The van der Waals surface area contributed by atoms with Crippen molar-refractivity contribution < 1.29 is 9.84 Å². The molecule has 1 heterocycles. The van der Waals surface area contributed by atoms with E-state index in [1.807, 2.05) is 0 Å². The number of ether oxygens (including phenoxy) is 1. The van der Waals surface area contributed by atoms with Crippen molar-refractivity contribution in [2.45, 2.75) is 45.1 Å². The number of hydrogen-bond donors (Lipinski definition) is 1. The Balaban J connectivity index is 2.19. The maximum Gasteiger partial charge on any atom is 0.0656 e. The van der Waals surface area contributed by atoms with E-state index in [1.165, 1.54) is 19.3 Å². The Labute approximate surface area is 80.3 Å². The molecule has 3 unspecified atom stereocenters. The first-order chi connectivity index (χ1) is 6.29. The molecule has 76 valence electrons. The highest BCUT2D eigenvalue weighted by Gasteiger charge is 2.48.